The van der Waals surface area contributed by atoms with Gasteiger partial charge in [-0.3, -0.25) is 0 Å². The standard InChI is InChI=1S/C15H18ClN3/c1-3-4-6-12(2)18-14-8-5-7-13(16)15(14)19-10-9-17-11-19/h3,5,7-12,18H,1,4,6H2,2H3. The van der Waals surface area contributed by atoms with Crippen molar-refractivity contribution in [3.63, 3.8) is 0 Å². The normalized spacial score (nSPS) is 12.1. The maximum absolute atomic E-state index is 6.30. The van der Waals surface area contributed by atoms with Gasteiger partial charge < -0.3 is 9.88 Å². The number of anilines is 1. The van der Waals surface area contributed by atoms with Crippen LogP contribution in [0.3, 0.4) is 0 Å². The van der Waals surface area contributed by atoms with Gasteiger partial charge in [0.15, 0.2) is 0 Å². The molecule has 0 aliphatic heterocycles. The number of para-hydroxylation sites is 1. The number of nitrogens with one attached hydrogen (secondary N) is 1. The molecule has 0 radical (unpaired) electrons. The highest BCUT2D eigenvalue weighted by atomic mass is 35.5. The van der Waals surface area contributed by atoms with E-state index >= 15 is 0 Å². The Morgan fingerprint density at radius 1 is 1.53 bits per heavy atom. The van der Waals surface area contributed by atoms with Crippen molar-refractivity contribution >= 4 is 17.3 Å². The molecule has 0 saturated carbocycles. The molecule has 0 saturated heterocycles. The smallest absolute Gasteiger partial charge is 0.0992 e. The fourth-order valence-electron chi connectivity index (χ4n) is 1.99. The molecule has 2 rings (SSSR count). The van der Waals surface area contributed by atoms with Crippen molar-refractivity contribution in [3.8, 4) is 5.69 Å². The zero-order valence-corrected chi connectivity index (χ0v) is 11.8. The number of halogens is 1. The van der Waals surface area contributed by atoms with Crippen molar-refractivity contribution in [2.75, 3.05) is 5.32 Å². The number of imidazole rings is 1. The minimum Gasteiger partial charge on any atom is -0.381 e. The number of hydrogen-bond acceptors (Lipinski definition) is 2. The van der Waals surface area contributed by atoms with Crippen molar-refractivity contribution in [3.05, 3.63) is 54.6 Å². The van der Waals surface area contributed by atoms with Gasteiger partial charge in [-0.25, -0.2) is 4.98 Å². The van der Waals surface area contributed by atoms with Gasteiger partial charge in [-0.15, -0.1) is 6.58 Å². The number of rotatable bonds is 6. The molecular formula is C15H18ClN3. The van der Waals surface area contributed by atoms with Crippen molar-refractivity contribution in [1.29, 1.82) is 0 Å². The van der Waals surface area contributed by atoms with Crippen LogP contribution >= 0.6 is 11.6 Å². The van der Waals surface area contributed by atoms with E-state index in [0.717, 1.165) is 24.2 Å². The topological polar surface area (TPSA) is 29.9 Å². The minimum absolute atomic E-state index is 0.360. The lowest BCUT2D eigenvalue weighted by atomic mass is 10.1. The lowest BCUT2D eigenvalue weighted by Gasteiger charge is -2.18. The monoisotopic (exact) mass is 275 g/mol. The van der Waals surface area contributed by atoms with Crippen LogP contribution < -0.4 is 5.32 Å². The first-order valence-corrected chi connectivity index (χ1v) is 6.74. The minimum atomic E-state index is 0.360. The van der Waals surface area contributed by atoms with Crippen molar-refractivity contribution in [2.45, 2.75) is 25.8 Å². The number of aromatic nitrogens is 2. The summed E-state index contributed by atoms with van der Waals surface area (Å²) in [6.07, 6.45) is 9.36. The van der Waals surface area contributed by atoms with E-state index < -0.39 is 0 Å². The second-order valence-corrected chi connectivity index (χ2v) is 4.92. The second kappa shape index (κ2) is 6.43. The lowest BCUT2D eigenvalue weighted by Crippen LogP contribution is -2.16. The highest BCUT2D eigenvalue weighted by Crippen LogP contribution is 2.29. The molecule has 0 bridgehead atoms. The van der Waals surface area contributed by atoms with Crippen LogP contribution in [0.5, 0.6) is 0 Å². The number of allylic oxidation sites excluding steroid dienone is 1. The number of hydrogen-bond donors (Lipinski definition) is 1. The van der Waals surface area contributed by atoms with Crippen LogP contribution in [0.25, 0.3) is 5.69 Å². The van der Waals surface area contributed by atoms with Crippen LogP contribution in [-0.2, 0) is 0 Å². The van der Waals surface area contributed by atoms with Crippen LogP contribution in [0.15, 0.2) is 49.6 Å². The number of nitrogens with zero attached hydrogens (tertiary/aromatic N) is 2. The molecule has 2 aromatic rings. The first-order chi connectivity index (χ1) is 9.22. The summed E-state index contributed by atoms with van der Waals surface area (Å²) in [6, 6.07) is 6.23. The maximum Gasteiger partial charge on any atom is 0.0992 e. The van der Waals surface area contributed by atoms with Gasteiger partial charge in [0, 0.05) is 18.4 Å². The Kier molecular flexibility index (Phi) is 4.63. The third-order valence-electron chi connectivity index (χ3n) is 2.96. The highest BCUT2D eigenvalue weighted by Gasteiger charge is 2.10. The Morgan fingerprint density at radius 3 is 3.05 bits per heavy atom. The Hall–Kier alpha value is -1.74. The highest BCUT2D eigenvalue weighted by molar-refractivity contribution is 6.33. The van der Waals surface area contributed by atoms with E-state index in [1.807, 2.05) is 35.0 Å². The van der Waals surface area contributed by atoms with Crippen molar-refractivity contribution < 1.29 is 0 Å². The van der Waals surface area contributed by atoms with E-state index in [0.29, 0.717) is 11.1 Å². The van der Waals surface area contributed by atoms with E-state index in [4.69, 9.17) is 11.6 Å². The van der Waals surface area contributed by atoms with E-state index in [1.165, 1.54) is 0 Å². The Bertz CT molecular complexity index is 534. The number of benzene rings is 1. The Balaban J connectivity index is 2.25. The van der Waals surface area contributed by atoms with E-state index in [9.17, 15) is 0 Å². The summed E-state index contributed by atoms with van der Waals surface area (Å²) in [7, 11) is 0. The lowest BCUT2D eigenvalue weighted by molar-refractivity contribution is 0.718. The van der Waals surface area contributed by atoms with Gasteiger partial charge in [-0.2, -0.15) is 0 Å². The first-order valence-electron chi connectivity index (χ1n) is 6.36. The maximum atomic E-state index is 6.30. The summed E-state index contributed by atoms with van der Waals surface area (Å²) in [6.45, 7) is 5.91. The average molecular weight is 276 g/mol. The van der Waals surface area contributed by atoms with E-state index in [1.54, 1.807) is 12.5 Å². The molecule has 0 fully saturated rings. The molecule has 1 N–H and O–H groups in total. The molecule has 1 atom stereocenters. The summed E-state index contributed by atoms with van der Waals surface area (Å²) in [5.41, 5.74) is 1.95. The van der Waals surface area contributed by atoms with Crippen LogP contribution in [0.4, 0.5) is 5.69 Å². The summed E-state index contributed by atoms with van der Waals surface area (Å²) < 4.78 is 1.92. The van der Waals surface area contributed by atoms with Crippen molar-refractivity contribution in [2.24, 2.45) is 0 Å². The van der Waals surface area contributed by atoms with Gasteiger partial charge in [0.2, 0.25) is 0 Å². The molecule has 0 amide bonds. The predicted molar refractivity (Wildman–Crippen MR) is 81.1 cm³/mol. The van der Waals surface area contributed by atoms with Gasteiger partial charge in [0.05, 0.1) is 22.7 Å². The fourth-order valence-corrected chi connectivity index (χ4v) is 2.26. The molecule has 1 heterocycles. The third kappa shape index (κ3) is 3.38. The molecule has 1 unspecified atom stereocenters. The van der Waals surface area contributed by atoms with Crippen LogP contribution in [-0.4, -0.2) is 15.6 Å². The van der Waals surface area contributed by atoms with Crippen LogP contribution in [0.2, 0.25) is 5.02 Å². The van der Waals surface area contributed by atoms with Crippen LogP contribution in [0.1, 0.15) is 19.8 Å². The molecule has 1 aromatic carbocycles. The Labute approximate surface area is 118 Å². The molecule has 0 spiro atoms. The average Bonchev–Trinajstić information content (AvgIpc) is 2.90. The summed E-state index contributed by atoms with van der Waals surface area (Å²) in [5.74, 6) is 0. The van der Waals surface area contributed by atoms with Gasteiger partial charge in [0.25, 0.3) is 0 Å². The summed E-state index contributed by atoms with van der Waals surface area (Å²) in [4.78, 5) is 4.07. The fraction of sp³-hybridized carbons (Fsp3) is 0.267. The summed E-state index contributed by atoms with van der Waals surface area (Å²) in [5, 5.41) is 4.20. The summed E-state index contributed by atoms with van der Waals surface area (Å²) >= 11 is 6.30. The quantitative estimate of drug-likeness (QED) is 0.797. The molecule has 3 nitrogen and oxygen atoms in total. The predicted octanol–water partition coefficient (Wildman–Crippen LogP) is 4.29. The molecule has 0 aliphatic carbocycles. The van der Waals surface area contributed by atoms with Crippen molar-refractivity contribution in [1.82, 2.24) is 9.55 Å². The Morgan fingerprint density at radius 2 is 2.37 bits per heavy atom. The zero-order chi connectivity index (χ0) is 13.7. The van der Waals surface area contributed by atoms with Gasteiger partial charge in [-0.1, -0.05) is 23.7 Å². The SMILES string of the molecule is C=CCCC(C)Nc1cccc(Cl)c1-n1ccnc1. The van der Waals surface area contributed by atoms with Gasteiger partial charge >= 0.3 is 0 Å². The second-order valence-electron chi connectivity index (χ2n) is 4.52. The molecule has 19 heavy (non-hydrogen) atoms. The third-order valence-corrected chi connectivity index (χ3v) is 3.26. The zero-order valence-electron chi connectivity index (χ0n) is 11.0. The largest absolute Gasteiger partial charge is 0.381 e. The van der Waals surface area contributed by atoms with E-state index in [2.05, 4.69) is 23.8 Å². The van der Waals surface area contributed by atoms with Gasteiger partial charge in [-0.05, 0) is 31.9 Å². The molecule has 0 aliphatic rings. The van der Waals surface area contributed by atoms with E-state index in [-0.39, 0.29) is 0 Å². The first kappa shape index (κ1) is 13.7. The molecule has 100 valence electrons. The molecular weight excluding hydrogens is 258 g/mol. The molecule has 4 heteroatoms. The molecule has 1 aromatic heterocycles. The van der Waals surface area contributed by atoms with Gasteiger partial charge in [0.1, 0.15) is 0 Å². The van der Waals surface area contributed by atoms with Crippen LogP contribution in [0, 0.1) is 0 Å².